The molecular formula is C24H25N3O2S. The van der Waals surface area contributed by atoms with Gasteiger partial charge in [-0.25, -0.2) is 13.1 Å². The van der Waals surface area contributed by atoms with E-state index in [9.17, 15) is 8.42 Å². The van der Waals surface area contributed by atoms with Crippen molar-refractivity contribution in [2.45, 2.75) is 24.2 Å². The van der Waals surface area contributed by atoms with Crippen LogP contribution in [0, 0.1) is 0 Å². The molecule has 2 aromatic carbocycles. The third-order valence-corrected chi connectivity index (χ3v) is 7.03. The van der Waals surface area contributed by atoms with Crippen LogP contribution >= 0.6 is 0 Å². The molecule has 0 aliphatic rings. The highest BCUT2D eigenvalue weighted by Crippen LogP contribution is 2.32. The zero-order valence-corrected chi connectivity index (χ0v) is 17.9. The predicted octanol–water partition coefficient (Wildman–Crippen LogP) is 4.25. The van der Waals surface area contributed by atoms with Crippen LogP contribution in [-0.4, -0.2) is 24.5 Å². The summed E-state index contributed by atoms with van der Waals surface area (Å²) in [6.07, 6.45) is 6.27. The molecule has 0 bridgehead atoms. The van der Waals surface area contributed by atoms with Crippen LogP contribution in [0.15, 0.2) is 84.1 Å². The van der Waals surface area contributed by atoms with E-state index in [0.29, 0.717) is 11.3 Å². The second-order valence-corrected chi connectivity index (χ2v) is 9.10. The van der Waals surface area contributed by atoms with E-state index in [1.54, 1.807) is 24.5 Å². The number of rotatable bonds is 7. The monoisotopic (exact) mass is 419 g/mol. The molecule has 0 amide bonds. The molecule has 5 nitrogen and oxygen atoms in total. The average Bonchev–Trinajstić information content (AvgIpc) is 3.11. The third-order valence-electron chi connectivity index (χ3n) is 5.51. The van der Waals surface area contributed by atoms with Gasteiger partial charge in [0.2, 0.25) is 10.0 Å². The minimum absolute atomic E-state index is 0.159. The molecule has 0 saturated carbocycles. The van der Waals surface area contributed by atoms with Crippen LogP contribution in [0.5, 0.6) is 0 Å². The number of pyridine rings is 1. The zero-order chi connectivity index (χ0) is 21.1. The van der Waals surface area contributed by atoms with Crippen LogP contribution in [0.3, 0.4) is 0 Å². The molecule has 6 heteroatoms. The standard InChI is InChI=1S/C24H25N3O2S/c1-3-18-9-4-7-13-24(18)30(28,29)26-16-21(19-10-8-14-25-15-19)22-17-27(2)23-12-6-5-11-20(22)23/h4-15,17,21,26H,3,16H2,1-2H3/t21-/m1/s1. The maximum Gasteiger partial charge on any atom is 0.240 e. The Morgan fingerprint density at radius 1 is 1.03 bits per heavy atom. The summed E-state index contributed by atoms with van der Waals surface area (Å²) in [6.45, 7) is 2.21. The Balaban J connectivity index is 1.73. The molecule has 0 saturated heterocycles. The molecule has 0 unspecified atom stereocenters. The van der Waals surface area contributed by atoms with Crippen molar-refractivity contribution in [2.75, 3.05) is 6.54 Å². The molecule has 154 valence electrons. The van der Waals surface area contributed by atoms with Crippen molar-refractivity contribution < 1.29 is 8.42 Å². The summed E-state index contributed by atoms with van der Waals surface area (Å²) in [6, 6.07) is 19.2. The van der Waals surface area contributed by atoms with Crippen molar-refractivity contribution in [3.8, 4) is 0 Å². The van der Waals surface area contributed by atoms with E-state index < -0.39 is 10.0 Å². The van der Waals surface area contributed by atoms with Crippen molar-refractivity contribution in [3.05, 3.63) is 95.9 Å². The van der Waals surface area contributed by atoms with Gasteiger partial charge < -0.3 is 4.57 Å². The normalized spacial score (nSPS) is 12.9. The summed E-state index contributed by atoms with van der Waals surface area (Å²) in [5, 5.41) is 1.11. The molecule has 1 N–H and O–H groups in total. The lowest BCUT2D eigenvalue weighted by atomic mass is 9.92. The molecule has 0 aliphatic carbocycles. The Morgan fingerprint density at radius 2 is 1.80 bits per heavy atom. The van der Waals surface area contributed by atoms with Crippen molar-refractivity contribution in [1.29, 1.82) is 0 Å². The van der Waals surface area contributed by atoms with Crippen LogP contribution in [0.1, 0.15) is 29.5 Å². The summed E-state index contributed by atoms with van der Waals surface area (Å²) in [5.41, 5.74) is 3.97. The fourth-order valence-electron chi connectivity index (χ4n) is 3.97. The van der Waals surface area contributed by atoms with Crippen molar-refractivity contribution in [1.82, 2.24) is 14.3 Å². The SMILES string of the molecule is CCc1ccccc1S(=O)(=O)NC[C@H](c1cccnc1)c1cn(C)c2ccccc12. The van der Waals surface area contributed by atoms with Gasteiger partial charge in [0.05, 0.1) is 4.90 Å². The molecule has 2 aromatic heterocycles. The van der Waals surface area contributed by atoms with E-state index >= 15 is 0 Å². The minimum Gasteiger partial charge on any atom is -0.350 e. The van der Waals surface area contributed by atoms with Gasteiger partial charge in [-0.05, 0) is 41.3 Å². The predicted molar refractivity (Wildman–Crippen MR) is 120 cm³/mol. The van der Waals surface area contributed by atoms with Gasteiger partial charge in [0, 0.05) is 49.0 Å². The van der Waals surface area contributed by atoms with E-state index in [1.165, 1.54) is 0 Å². The Labute approximate surface area is 177 Å². The quantitative estimate of drug-likeness (QED) is 0.487. The topological polar surface area (TPSA) is 64.0 Å². The Hall–Kier alpha value is -2.96. The number of benzene rings is 2. The molecule has 0 aliphatic heterocycles. The summed E-state index contributed by atoms with van der Waals surface area (Å²) in [7, 11) is -1.63. The molecule has 0 fully saturated rings. The molecular weight excluding hydrogens is 394 g/mol. The van der Waals surface area contributed by atoms with Crippen molar-refractivity contribution in [2.24, 2.45) is 7.05 Å². The first kappa shape index (κ1) is 20.3. The average molecular weight is 420 g/mol. The third kappa shape index (κ3) is 3.88. The van der Waals surface area contributed by atoms with Gasteiger partial charge in [-0.2, -0.15) is 0 Å². The fraction of sp³-hybridized carbons (Fsp3) is 0.208. The van der Waals surface area contributed by atoms with Crippen molar-refractivity contribution in [3.63, 3.8) is 0 Å². The first-order valence-electron chi connectivity index (χ1n) is 10.0. The Bertz CT molecular complexity index is 1260. The zero-order valence-electron chi connectivity index (χ0n) is 17.1. The Morgan fingerprint density at radius 3 is 2.57 bits per heavy atom. The molecule has 4 rings (SSSR count). The number of nitrogens with zero attached hydrogens (tertiary/aromatic N) is 2. The largest absolute Gasteiger partial charge is 0.350 e. The van der Waals surface area contributed by atoms with Crippen LogP contribution < -0.4 is 4.72 Å². The number of hydrogen-bond donors (Lipinski definition) is 1. The van der Waals surface area contributed by atoms with Gasteiger partial charge in [0.1, 0.15) is 0 Å². The molecule has 30 heavy (non-hydrogen) atoms. The van der Waals surface area contributed by atoms with Crippen molar-refractivity contribution >= 4 is 20.9 Å². The molecule has 2 heterocycles. The van der Waals surface area contributed by atoms with Gasteiger partial charge in [-0.15, -0.1) is 0 Å². The smallest absolute Gasteiger partial charge is 0.240 e. The lowest BCUT2D eigenvalue weighted by Crippen LogP contribution is -2.29. The number of aromatic nitrogens is 2. The van der Waals surface area contributed by atoms with Gasteiger partial charge >= 0.3 is 0 Å². The maximum absolute atomic E-state index is 13.1. The van der Waals surface area contributed by atoms with Gasteiger partial charge in [-0.1, -0.05) is 49.4 Å². The lowest BCUT2D eigenvalue weighted by molar-refractivity contribution is 0.576. The lowest BCUT2D eigenvalue weighted by Gasteiger charge is -2.18. The summed E-state index contributed by atoms with van der Waals surface area (Å²) >= 11 is 0. The first-order valence-corrected chi connectivity index (χ1v) is 11.5. The highest BCUT2D eigenvalue weighted by molar-refractivity contribution is 7.89. The number of nitrogens with one attached hydrogen (secondary N) is 1. The number of sulfonamides is 1. The van der Waals surface area contributed by atoms with Gasteiger partial charge in [0.15, 0.2) is 0 Å². The van der Waals surface area contributed by atoms with Gasteiger partial charge in [-0.3, -0.25) is 4.98 Å². The van der Waals surface area contributed by atoms with E-state index in [0.717, 1.165) is 27.6 Å². The van der Waals surface area contributed by atoms with Crippen LogP contribution in [0.25, 0.3) is 10.9 Å². The summed E-state index contributed by atoms with van der Waals surface area (Å²) in [5.74, 6) is -0.159. The van der Waals surface area contributed by atoms with E-state index in [-0.39, 0.29) is 12.5 Å². The molecule has 1 atom stereocenters. The first-order chi connectivity index (χ1) is 14.5. The minimum atomic E-state index is -3.64. The van der Waals surface area contributed by atoms with E-state index in [2.05, 4.69) is 32.6 Å². The second kappa shape index (κ2) is 8.42. The molecule has 0 radical (unpaired) electrons. The maximum atomic E-state index is 13.1. The highest BCUT2D eigenvalue weighted by atomic mass is 32.2. The second-order valence-electron chi connectivity index (χ2n) is 7.36. The summed E-state index contributed by atoms with van der Waals surface area (Å²) < 4.78 is 31.2. The molecule has 0 spiro atoms. The van der Waals surface area contributed by atoms with Crippen LogP contribution in [-0.2, 0) is 23.5 Å². The van der Waals surface area contributed by atoms with E-state index in [1.807, 2.05) is 50.4 Å². The number of aryl methyl sites for hydroxylation is 2. The molecule has 4 aromatic rings. The number of hydrogen-bond acceptors (Lipinski definition) is 3. The van der Waals surface area contributed by atoms with E-state index in [4.69, 9.17) is 0 Å². The van der Waals surface area contributed by atoms with Crippen LogP contribution in [0.2, 0.25) is 0 Å². The fourth-order valence-corrected chi connectivity index (χ4v) is 5.33. The number of para-hydroxylation sites is 1. The number of fused-ring (bicyclic) bond motifs is 1. The van der Waals surface area contributed by atoms with Gasteiger partial charge in [0.25, 0.3) is 0 Å². The Kier molecular flexibility index (Phi) is 5.70. The van der Waals surface area contributed by atoms with Crippen LogP contribution in [0.4, 0.5) is 0 Å². The summed E-state index contributed by atoms with van der Waals surface area (Å²) in [4.78, 5) is 4.61. The highest BCUT2D eigenvalue weighted by Gasteiger charge is 2.24.